The van der Waals surface area contributed by atoms with Gasteiger partial charge in [-0.15, -0.1) is 0 Å². The molecule has 0 fully saturated rings. The molecule has 2 aromatic carbocycles. The van der Waals surface area contributed by atoms with Gasteiger partial charge in [-0.3, -0.25) is 4.79 Å². The summed E-state index contributed by atoms with van der Waals surface area (Å²) in [4.78, 5) is 22.8. The second-order valence-electron chi connectivity index (χ2n) is 5.22. The first-order valence-corrected chi connectivity index (χ1v) is 8.90. The van der Waals surface area contributed by atoms with Crippen LogP contribution in [0.4, 0.5) is 11.4 Å². The smallest absolute Gasteiger partial charge is 0.335 e. The van der Waals surface area contributed by atoms with Crippen LogP contribution in [0.3, 0.4) is 0 Å². The quantitative estimate of drug-likeness (QED) is 0.431. The number of nitrogens with zero attached hydrogens (tertiary/aromatic N) is 1. The summed E-state index contributed by atoms with van der Waals surface area (Å²) in [6.45, 7) is 0. The summed E-state index contributed by atoms with van der Waals surface area (Å²) in [5.41, 5.74) is 0.621. The van der Waals surface area contributed by atoms with Gasteiger partial charge in [0.05, 0.1) is 10.5 Å². The van der Waals surface area contributed by atoms with E-state index in [1.807, 2.05) is 0 Å². The predicted octanol–water partition coefficient (Wildman–Crippen LogP) is 1.49. The molecule has 0 aliphatic rings. The molecule has 2 aromatic rings. The van der Waals surface area contributed by atoms with E-state index >= 15 is 0 Å². The summed E-state index contributed by atoms with van der Waals surface area (Å²) >= 11 is 0. The maximum Gasteiger partial charge on any atom is 0.335 e. The Hall–Kier alpha value is -3.68. The number of carboxylic acid groups (broad SMARTS) is 1. The normalized spacial score (nSPS) is 11.3. The van der Waals surface area contributed by atoms with E-state index < -0.39 is 21.9 Å². The zero-order valence-electron chi connectivity index (χ0n) is 13.7. The molecule has 0 unspecified atom stereocenters. The SMILES string of the molecule is N#C/C(=C/Nc1ccc(C(=O)O)cc1)C(=O)Nc1ccc(S(N)(=O)=O)cc1. The zero-order chi connectivity index (χ0) is 20.0. The Bertz CT molecular complexity index is 1040. The zero-order valence-corrected chi connectivity index (χ0v) is 14.5. The van der Waals surface area contributed by atoms with Crippen LogP contribution in [-0.4, -0.2) is 25.4 Å². The Kier molecular flexibility index (Phi) is 5.92. The van der Waals surface area contributed by atoms with Crippen molar-refractivity contribution in [1.82, 2.24) is 0 Å². The fourth-order valence-electron chi connectivity index (χ4n) is 1.94. The third kappa shape index (κ3) is 5.40. The lowest BCUT2D eigenvalue weighted by Crippen LogP contribution is -2.15. The van der Waals surface area contributed by atoms with Gasteiger partial charge in [0.1, 0.15) is 11.6 Å². The van der Waals surface area contributed by atoms with Crippen molar-refractivity contribution >= 4 is 33.3 Å². The molecule has 0 aliphatic heterocycles. The number of carbonyl (C=O) groups is 2. The van der Waals surface area contributed by atoms with Crippen LogP contribution >= 0.6 is 0 Å². The van der Waals surface area contributed by atoms with Crippen molar-refractivity contribution in [3.05, 3.63) is 65.9 Å². The van der Waals surface area contributed by atoms with Gasteiger partial charge in [0.2, 0.25) is 10.0 Å². The molecule has 0 aromatic heterocycles. The van der Waals surface area contributed by atoms with Crippen LogP contribution in [0.15, 0.2) is 65.2 Å². The maximum absolute atomic E-state index is 12.1. The van der Waals surface area contributed by atoms with E-state index in [2.05, 4.69) is 10.6 Å². The summed E-state index contributed by atoms with van der Waals surface area (Å²) in [6, 6.07) is 12.6. The molecule has 27 heavy (non-hydrogen) atoms. The van der Waals surface area contributed by atoms with Crippen LogP contribution < -0.4 is 15.8 Å². The summed E-state index contributed by atoms with van der Waals surface area (Å²) in [5, 5.41) is 28.1. The van der Waals surface area contributed by atoms with Crippen LogP contribution in [0.5, 0.6) is 0 Å². The fraction of sp³-hybridized carbons (Fsp3) is 0. The highest BCUT2D eigenvalue weighted by atomic mass is 32.2. The maximum atomic E-state index is 12.1. The average Bonchev–Trinajstić information content (AvgIpc) is 2.62. The second kappa shape index (κ2) is 8.13. The Labute approximate surface area is 154 Å². The van der Waals surface area contributed by atoms with E-state index in [0.29, 0.717) is 5.69 Å². The van der Waals surface area contributed by atoms with Crippen LogP contribution in [0.1, 0.15) is 10.4 Å². The number of nitriles is 1. The highest BCUT2D eigenvalue weighted by Gasteiger charge is 2.11. The number of carboxylic acids is 1. The molecule has 10 heteroatoms. The summed E-state index contributed by atoms with van der Waals surface area (Å²) < 4.78 is 22.4. The molecule has 1 amide bonds. The number of hydrogen-bond acceptors (Lipinski definition) is 6. The van der Waals surface area contributed by atoms with Gasteiger partial charge in [-0.2, -0.15) is 5.26 Å². The van der Waals surface area contributed by atoms with E-state index in [1.165, 1.54) is 54.7 Å². The van der Waals surface area contributed by atoms with Gasteiger partial charge in [0.15, 0.2) is 0 Å². The molecule has 5 N–H and O–H groups in total. The van der Waals surface area contributed by atoms with Crippen molar-refractivity contribution in [2.45, 2.75) is 4.90 Å². The van der Waals surface area contributed by atoms with Crippen molar-refractivity contribution in [2.75, 3.05) is 10.6 Å². The summed E-state index contributed by atoms with van der Waals surface area (Å²) in [7, 11) is -3.84. The topological polar surface area (TPSA) is 162 Å². The highest BCUT2D eigenvalue weighted by molar-refractivity contribution is 7.89. The Morgan fingerprint density at radius 3 is 2.07 bits per heavy atom. The number of rotatable bonds is 6. The van der Waals surface area contributed by atoms with Crippen molar-refractivity contribution in [1.29, 1.82) is 5.26 Å². The Morgan fingerprint density at radius 2 is 1.59 bits per heavy atom. The molecule has 0 atom stereocenters. The standard InChI is InChI=1S/C17H14N4O5S/c18-9-12(10-20-13-3-1-11(2-4-13)17(23)24)16(22)21-14-5-7-15(8-6-14)27(19,25)26/h1-8,10,20H,(H,21,22)(H,23,24)(H2,19,25,26)/b12-10-. The highest BCUT2D eigenvalue weighted by Crippen LogP contribution is 2.14. The fourth-order valence-corrected chi connectivity index (χ4v) is 2.45. The first-order chi connectivity index (χ1) is 12.7. The molecule has 0 radical (unpaired) electrons. The number of amides is 1. The Balaban J connectivity index is 2.07. The van der Waals surface area contributed by atoms with Gasteiger partial charge in [0.25, 0.3) is 5.91 Å². The number of carbonyl (C=O) groups excluding carboxylic acids is 1. The van der Waals surface area contributed by atoms with Gasteiger partial charge in [0, 0.05) is 17.6 Å². The predicted molar refractivity (Wildman–Crippen MR) is 97.2 cm³/mol. The minimum Gasteiger partial charge on any atom is -0.478 e. The monoisotopic (exact) mass is 386 g/mol. The number of primary sulfonamides is 1. The van der Waals surface area contributed by atoms with Crippen molar-refractivity contribution in [2.24, 2.45) is 5.14 Å². The molecule has 0 saturated carbocycles. The molecule has 0 bridgehead atoms. The van der Waals surface area contributed by atoms with Gasteiger partial charge >= 0.3 is 5.97 Å². The van der Waals surface area contributed by atoms with Crippen molar-refractivity contribution < 1.29 is 23.1 Å². The molecule has 0 saturated heterocycles. The molecule has 2 rings (SSSR count). The minimum absolute atomic E-state index is 0.103. The number of nitrogens with two attached hydrogens (primary N) is 1. The first-order valence-electron chi connectivity index (χ1n) is 7.35. The number of anilines is 2. The number of hydrogen-bond donors (Lipinski definition) is 4. The molecule has 9 nitrogen and oxygen atoms in total. The molecular formula is C17H14N4O5S. The largest absolute Gasteiger partial charge is 0.478 e. The van der Waals surface area contributed by atoms with Crippen LogP contribution in [0.25, 0.3) is 0 Å². The molecular weight excluding hydrogens is 372 g/mol. The van der Waals surface area contributed by atoms with Crippen LogP contribution in [-0.2, 0) is 14.8 Å². The summed E-state index contributed by atoms with van der Waals surface area (Å²) in [5.74, 6) is -1.78. The van der Waals surface area contributed by atoms with Gasteiger partial charge in [-0.25, -0.2) is 18.4 Å². The lowest BCUT2D eigenvalue weighted by atomic mass is 10.2. The second-order valence-corrected chi connectivity index (χ2v) is 6.78. The molecule has 138 valence electrons. The van der Waals surface area contributed by atoms with Crippen LogP contribution in [0.2, 0.25) is 0 Å². The third-order valence-electron chi connectivity index (χ3n) is 3.32. The van der Waals surface area contributed by atoms with E-state index in [-0.39, 0.29) is 21.7 Å². The average molecular weight is 386 g/mol. The van der Waals surface area contributed by atoms with Gasteiger partial charge in [-0.05, 0) is 48.5 Å². The molecule has 0 heterocycles. The van der Waals surface area contributed by atoms with E-state index in [1.54, 1.807) is 6.07 Å². The molecule has 0 spiro atoms. The van der Waals surface area contributed by atoms with Crippen molar-refractivity contribution in [3.8, 4) is 6.07 Å². The van der Waals surface area contributed by atoms with Gasteiger partial charge < -0.3 is 15.7 Å². The Morgan fingerprint density at radius 1 is 1.04 bits per heavy atom. The lowest BCUT2D eigenvalue weighted by molar-refractivity contribution is -0.112. The van der Waals surface area contributed by atoms with Crippen molar-refractivity contribution in [3.63, 3.8) is 0 Å². The van der Waals surface area contributed by atoms with E-state index in [9.17, 15) is 18.0 Å². The minimum atomic E-state index is -3.84. The number of nitrogens with one attached hydrogen (secondary N) is 2. The molecule has 0 aliphatic carbocycles. The number of aromatic carboxylic acids is 1. The van der Waals surface area contributed by atoms with Gasteiger partial charge in [-0.1, -0.05) is 0 Å². The van der Waals surface area contributed by atoms with E-state index in [4.69, 9.17) is 15.5 Å². The lowest BCUT2D eigenvalue weighted by Gasteiger charge is -2.06. The van der Waals surface area contributed by atoms with E-state index in [0.717, 1.165) is 0 Å². The third-order valence-corrected chi connectivity index (χ3v) is 4.25. The number of benzene rings is 2. The van der Waals surface area contributed by atoms with Crippen LogP contribution in [0, 0.1) is 11.3 Å². The summed E-state index contributed by atoms with van der Waals surface area (Å²) in [6.07, 6.45) is 1.17. The number of sulfonamides is 1. The first kappa shape index (κ1) is 19.6.